The van der Waals surface area contributed by atoms with E-state index in [4.69, 9.17) is 10.2 Å². The predicted octanol–water partition coefficient (Wildman–Crippen LogP) is 2.83. The third kappa shape index (κ3) is 4.94. The van der Waals surface area contributed by atoms with Gasteiger partial charge in [0.25, 0.3) is 0 Å². The fraction of sp³-hybridized carbons (Fsp3) is 0.800. The molecule has 0 amide bonds. The van der Waals surface area contributed by atoms with Gasteiger partial charge in [-0.2, -0.15) is 0 Å². The minimum atomic E-state index is -0.989. The number of hydrogen-bond acceptors (Lipinski definition) is 3. The lowest BCUT2D eigenvalue weighted by molar-refractivity contribution is -0.150. The molecule has 0 saturated heterocycles. The molecule has 0 fully saturated rings. The Hall–Kier alpha value is -1.39. The van der Waals surface area contributed by atoms with Crippen LogP contribution in [0.4, 0.5) is 0 Å². The van der Waals surface area contributed by atoms with Gasteiger partial charge in [0.15, 0.2) is 0 Å². The molecule has 116 valence electrons. The maximum absolute atomic E-state index is 12.4. The molecule has 0 heterocycles. The number of carboxylic acids is 2. The number of aliphatic carboxylic acids is 2. The van der Waals surface area contributed by atoms with Crippen molar-refractivity contribution >= 4 is 17.7 Å². The first-order valence-corrected chi connectivity index (χ1v) is 6.82. The van der Waals surface area contributed by atoms with E-state index >= 15 is 0 Å². The zero-order valence-corrected chi connectivity index (χ0v) is 13.2. The Balaban J connectivity index is 4.90. The Morgan fingerprint density at radius 2 is 1.35 bits per heavy atom. The molecule has 5 nitrogen and oxygen atoms in total. The van der Waals surface area contributed by atoms with Crippen molar-refractivity contribution in [3.63, 3.8) is 0 Å². The third-order valence-corrected chi connectivity index (χ3v) is 3.71. The molecule has 0 aliphatic carbocycles. The van der Waals surface area contributed by atoms with Crippen LogP contribution in [0.1, 0.15) is 54.4 Å². The first kappa shape index (κ1) is 18.6. The second-order valence-corrected chi connectivity index (χ2v) is 6.99. The van der Waals surface area contributed by atoms with Gasteiger partial charge in [-0.15, -0.1) is 0 Å². The summed E-state index contributed by atoms with van der Waals surface area (Å²) in [6.07, 6.45) is 0.491. The van der Waals surface area contributed by atoms with Gasteiger partial charge in [0.2, 0.25) is 0 Å². The summed E-state index contributed by atoms with van der Waals surface area (Å²) in [5.41, 5.74) is -1.78. The van der Waals surface area contributed by atoms with E-state index in [9.17, 15) is 14.4 Å². The van der Waals surface area contributed by atoms with Gasteiger partial charge in [-0.05, 0) is 26.7 Å². The highest BCUT2D eigenvalue weighted by atomic mass is 16.4. The van der Waals surface area contributed by atoms with Crippen LogP contribution in [0.5, 0.6) is 0 Å². The molecule has 0 saturated carbocycles. The van der Waals surface area contributed by atoms with Gasteiger partial charge in [0.1, 0.15) is 5.78 Å². The molecule has 2 unspecified atom stereocenters. The van der Waals surface area contributed by atoms with E-state index in [0.29, 0.717) is 0 Å². The highest BCUT2D eigenvalue weighted by Gasteiger charge is 2.40. The van der Waals surface area contributed by atoms with Crippen LogP contribution in [0.3, 0.4) is 0 Å². The van der Waals surface area contributed by atoms with Crippen LogP contribution in [-0.2, 0) is 14.4 Å². The van der Waals surface area contributed by atoms with Gasteiger partial charge in [-0.3, -0.25) is 14.4 Å². The molecular weight excluding hydrogens is 260 g/mol. The van der Waals surface area contributed by atoms with Crippen LogP contribution in [0.2, 0.25) is 0 Å². The molecule has 0 aliphatic heterocycles. The number of carbonyl (C=O) groups is 3. The molecule has 0 aliphatic rings. The monoisotopic (exact) mass is 286 g/mol. The standard InChI is InChI=1S/C15H26O5/c1-9(7-10(2)12(17)18)11(16)14(3,4)8-15(5,6)13(19)20/h9-10H,7-8H2,1-6H3,(H,17,18)(H,19,20). The summed E-state index contributed by atoms with van der Waals surface area (Å²) < 4.78 is 0. The van der Waals surface area contributed by atoms with E-state index in [-0.39, 0.29) is 18.6 Å². The van der Waals surface area contributed by atoms with E-state index in [2.05, 4.69) is 0 Å². The molecule has 0 aromatic carbocycles. The summed E-state index contributed by atoms with van der Waals surface area (Å²) in [4.78, 5) is 34.4. The van der Waals surface area contributed by atoms with E-state index in [1.807, 2.05) is 0 Å². The maximum atomic E-state index is 12.4. The molecule has 0 aromatic rings. The van der Waals surface area contributed by atoms with Crippen molar-refractivity contribution in [1.29, 1.82) is 0 Å². The van der Waals surface area contributed by atoms with Gasteiger partial charge in [-0.25, -0.2) is 0 Å². The third-order valence-electron chi connectivity index (χ3n) is 3.71. The van der Waals surface area contributed by atoms with Crippen molar-refractivity contribution in [1.82, 2.24) is 0 Å². The summed E-state index contributed by atoms with van der Waals surface area (Å²) >= 11 is 0. The lowest BCUT2D eigenvalue weighted by atomic mass is 9.69. The molecule has 0 radical (unpaired) electrons. The Labute approximate surface area is 120 Å². The van der Waals surface area contributed by atoms with Crippen LogP contribution in [0.25, 0.3) is 0 Å². The SMILES string of the molecule is CC(CC(C)C(=O)C(C)(C)CC(C)(C)C(=O)O)C(=O)O. The van der Waals surface area contributed by atoms with Crippen molar-refractivity contribution < 1.29 is 24.6 Å². The molecule has 2 atom stereocenters. The number of carbonyl (C=O) groups excluding carboxylic acids is 1. The Morgan fingerprint density at radius 1 is 0.900 bits per heavy atom. The lowest BCUT2D eigenvalue weighted by Gasteiger charge is -2.33. The minimum Gasteiger partial charge on any atom is -0.481 e. The molecule has 0 aromatic heterocycles. The molecule has 0 bridgehead atoms. The molecule has 2 N–H and O–H groups in total. The molecule has 0 rings (SSSR count). The van der Waals surface area contributed by atoms with Crippen LogP contribution in [-0.4, -0.2) is 27.9 Å². The minimum absolute atomic E-state index is 0.0834. The van der Waals surface area contributed by atoms with Crippen LogP contribution in [0.15, 0.2) is 0 Å². The summed E-state index contributed by atoms with van der Waals surface area (Å²) in [7, 11) is 0. The Morgan fingerprint density at radius 3 is 1.70 bits per heavy atom. The molecule has 20 heavy (non-hydrogen) atoms. The van der Waals surface area contributed by atoms with Crippen LogP contribution >= 0.6 is 0 Å². The van der Waals surface area contributed by atoms with Crippen LogP contribution in [0, 0.1) is 22.7 Å². The second-order valence-electron chi connectivity index (χ2n) is 6.99. The lowest BCUT2D eigenvalue weighted by Crippen LogP contribution is -2.38. The molecular formula is C15H26O5. The Bertz CT molecular complexity index is 395. The highest BCUT2D eigenvalue weighted by Crippen LogP contribution is 2.37. The van der Waals surface area contributed by atoms with Crippen molar-refractivity contribution in [2.45, 2.75) is 54.4 Å². The summed E-state index contributed by atoms with van der Waals surface area (Å²) in [5.74, 6) is -2.93. The first-order chi connectivity index (χ1) is 8.81. The average molecular weight is 286 g/mol. The van der Waals surface area contributed by atoms with Gasteiger partial charge < -0.3 is 10.2 Å². The second kappa shape index (κ2) is 6.37. The van der Waals surface area contributed by atoms with E-state index in [1.54, 1.807) is 41.5 Å². The number of hydrogen-bond donors (Lipinski definition) is 2. The summed E-state index contributed by atoms with van der Waals surface area (Å²) in [5, 5.41) is 18.0. The summed E-state index contributed by atoms with van der Waals surface area (Å²) in [6.45, 7) is 9.91. The van der Waals surface area contributed by atoms with E-state index < -0.39 is 34.6 Å². The van der Waals surface area contributed by atoms with Gasteiger partial charge >= 0.3 is 11.9 Å². The zero-order valence-electron chi connectivity index (χ0n) is 13.2. The van der Waals surface area contributed by atoms with Crippen molar-refractivity contribution in [2.75, 3.05) is 0 Å². The number of carboxylic acid groups (broad SMARTS) is 2. The number of rotatable bonds is 8. The first-order valence-electron chi connectivity index (χ1n) is 6.82. The highest BCUT2D eigenvalue weighted by molar-refractivity contribution is 5.87. The number of Topliss-reactive ketones (excluding diaryl/α,β-unsaturated/α-hetero) is 1. The van der Waals surface area contributed by atoms with Gasteiger partial charge in [0.05, 0.1) is 11.3 Å². The summed E-state index contributed by atoms with van der Waals surface area (Å²) in [6, 6.07) is 0. The Kier molecular flexibility index (Phi) is 5.93. The van der Waals surface area contributed by atoms with Crippen LogP contribution < -0.4 is 0 Å². The quantitative estimate of drug-likeness (QED) is 0.716. The van der Waals surface area contributed by atoms with Gasteiger partial charge in [-0.1, -0.05) is 27.7 Å². The predicted molar refractivity (Wildman–Crippen MR) is 75.4 cm³/mol. The smallest absolute Gasteiger partial charge is 0.309 e. The zero-order chi connectivity index (χ0) is 16.3. The fourth-order valence-electron chi connectivity index (χ4n) is 2.67. The average Bonchev–Trinajstić information content (AvgIpc) is 2.25. The van der Waals surface area contributed by atoms with Gasteiger partial charge in [0, 0.05) is 11.3 Å². The van der Waals surface area contributed by atoms with Crippen molar-refractivity contribution in [3.8, 4) is 0 Å². The van der Waals surface area contributed by atoms with E-state index in [0.717, 1.165) is 0 Å². The van der Waals surface area contributed by atoms with Crippen molar-refractivity contribution in [3.05, 3.63) is 0 Å². The maximum Gasteiger partial charge on any atom is 0.309 e. The largest absolute Gasteiger partial charge is 0.481 e. The van der Waals surface area contributed by atoms with Crippen molar-refractivity contribution in [2.24, 2.45) is 22.7 Å². The van der Waals surface area contributed by atoms with E-state index in [1.165, 1.54) is 0 Å². The fourth-order valence-corrected chi connectivity index (χ4v) is 2.67. The number of ketones is 1. The molecule has 0 spiro atoms. The topological polar surface area (TPSA) is 91.7 Å². The normalized spacial score (nSPS) is 15.5. The molecule has 5 heteroatoms.